The van der Waals surface area contributed by atoms with Crippen LogP contribution < -0.4 is 6.15 Å². The quantitative estimate of drug-likeness (QED) is 0.630. The van der Waals surface area contributed by atoms with E-state index in [1.807, 2.05) is 0 Å². The second-order valence-electron chi connectivity index (χ2n) is 1.37. The molecule has 5 heteroatoms. The highest BCUT2D eigenvalue weighted by Crippen LogP contribution is 1.94. The molecule has 52 valence electrons. The molecule has 0 amide bonds. The maximum atomic E-state index is 10.8. The molecule has 0 spiro atoms. The van der Waals surface area contributed by atoms with E-state index in [0.717, 1.165) is 0 Å². The maximum absolute atomic E-state index is 10.8. The first-order valence-electron chi connectivity index (χ1n) is 1.88. The minimum atomic E-state index is -1.75. The van der Waals surface area contributed by atoms with Crippen LogP contribution in [0.5, 0.6) is 0 Å². The third-order valence-corrected chi connectivity index (χ3v) is 1.34. The zero-order valence-electron chi connectivity index (χ0n) is 4.89. The molecule has 3 nitrogen and oxygen atoms in total. The summed E-state index contributed by atoms with van der Waals surface area (Å²) in [6.07, 6.45) is 0. The normalized spacial score (nSPS) is 13.0. The van der Waals surface area contributed by atoms with Crippen molar-refractivity contribution in [2.24, 2.45) is 0 Å². The Balaban J connectivity index is 0. The highest BCUT2D eigenvalue weighted by Gasteiger charge is 2.03. The van der Waals surface area contributed by atoms with Crippen LogP contribution in [0.15, 0.2) is 0 Å². The zero-order chi connectivity index (χ0) is 5.86. The van der Waals surface area contributed by atoms with Gasteiger partial charge in [-0.05, 0) is 18.4 Å². The Morgan fingerprint density at radius 1 is 1.62 bits per heavy atom. The summed E-state index contributed by atoms with van der Waals surface area (Å²) in [6.45, 7) is 3.21. The molecule has 0 aliphatic carbocycles. The molecule has 0 radical (unpaired) electrons. The Morgan fingerprint density at radius 2 is 2.00 bits per heavy atom. The summed E-state index contributed by atoms with van der Waals surface area (Å²) in [4.78, 5) is 0. The van der Waals surface area contributed by atoms with Gasteiger partial charge in [-0.2, -0.15) is 0 Å². The van der Waals surface area contributed by atoms with Gasteiger partial charge in [-0.3, -0.25) is 0 Å². The summed E-state index contributed by atoms with van der Waals surface area (Å²) in [5.41, 5.74) is 0. The van der Waals surface area contributed by atoms with Crippen LogP contribution in [-0.4, -0.2) is 9.46 Å². The predicted molar refractivity (Wildman–Crippen MR) is 30.5 cm³/mol. The van der Waals surface area contributed by atoms with Crippen molar-refractivity contribution >= 4 is 11.1 Å². The molecule has 0 fully saturated rings. The molecule has 0 rings (SSSR count). The fourth-order valence-corrected chi connectivity index (χ4v) is 0.218. The van der Waals surface area contributed by atoms with Crippen LogP contribution in [0.3, 0.4) is 0 Å². The van der Waals surface area contributed by atoms with Gasteiger partial charge < -0.3 is 6.15 Å². The van der Waals surface area contributed by atoms with Crippen LogP contribution in [0.25, 0.3) is 0 Å². The highest BCUT2D eigenvalue weighted by molar-refractivity contribution is 7.80. The predicted octanol–water partition coefficient (Wildman–Crippen LogP) is 1.12. The topological polar surface area (TPSA) is 61.3 Å². The van der Waals surface area contributed by atoms with Crippen LogP contribution >= 0.6 is 0 Å². The van der Waals surface area contributed by atoms with Gasteiger partial charge in [-0.15, -0.1) is 0 Å². The van der Waals surface area contributed by atoms with Crippen LogP contribution in [-0.2, 0) is 15.5 Å². The van der Waals surface area contributed by atoms with Crippen molar-refractivity contribution in [3.05, 3.63) is 0 Å². The Hall–Kier alpha value is -0.0000000000000000486. The Kier molecular flexibility index (Phi) is 7.00. The molecule has 0 aromatic rings. The Labute approximate surface area is 50.4 Å². The van der Waals surface area contributed by atoms with Crippen LogP contribution in [0.1, 0.15) is 13.8 Å². The van der Waals surface area contributed by atoms with Gasteiger partial charge in [0.05, 0.1) is 5.25 Å². The molecule has 0 aliphatic heterocycles. The lowest BCUT2D eigenvalue weighted by atomic mass is 10.6. The second kappa shape index (κ2) is 5.14. The standard InChI is InChI=1S/C3H7FO2S.H3N/c1-3(2)7(5)6-4;/h3H,1-2H3;1H3. The summed E-state index contributed by atoms with van der Waals surface area (Å²) in [7, 11) is 0. The summed E-state index contributed by atoms with van der Waals surface area (Å²) < 4.78 is 23.8. The monoisotopic (exact) mass is 143 g/mol. The maximum Gasteiger partial charge on any atom is 0.195 e. The van der Waals surface area contributed by atoms with E-state index >= 15 is 0 Å². The average Bonchev–Trinajstić information content (AvgIpc) is 1.65. The first-order chi connectivity index (χ1) is 3.18. The molecular weight excluding hydrogens is 133 g/mol. The molecular formula is C3H10FNO2S. The van der Waals surface area contributed by atoms with E-state index in [9.17, 15) is 8.74 Å². The van der Waals surface area contributed by atoms with Crippen LogP contribution in [0, 0.1) is 0 Å². The van der Waals surface area contributed by atoms with E-state index in [2.05, 4.69) is 4.39 Å². The summed E-state index contributed by atoms with van der Waals surface area (Å²) in [6, 6.07) is 0. The first-order valence-corrected chi connectivity index (χ1v) is 3.02. The molecule has 0 aliphatic rings. The van der Waals surface area contributed by atoms with Crippen molar-refractivity contribution in [3.63, 3.8) is 0 Å². The summed E-state index contributed by atoms with van der Waals surface area (Å²) in [5, 5.41) is -0.259. The third kappa shape index (κ3) is 4.17. The largest absolute Gasteiger partial charge is 0.344 e. The van der Waals surface area contributed by atoms with Gasteiger partial charge >= 0.3 is 0 Å². The average molecular weight is 143 g/mol. The second-order valence-corrected chi connectivity index (χ2v) is 2.96. The van der Waals surface area contributed by atoms with Crippen molar-refractivity contribution in [2.45, 2.75) is 19.1 Å². The summed E-state index contributed by atoms with van der Waals surface area (Å²) >= 11 is -1.75. The number of halogens is 1. The lowest BCUT2D eigenvalue weighted by Crippen LogP contribution is -2.03. The molecule has 0 aromatic carbocycles. The smallest absolute Gasteiger partial charge is 0.195 e. The molecule has 0 aromatic heterocycles. The van der Waals surface area contributed by atoms with Crippen molar-refractivity contribution in [1.29, 1.82) is 0 Å². The Bertz CT molecular complexity index is 77.7. The fourth-order valence-electron chi connectivity index (χ4n) is 0.0727. The van der Waals surface area contributed by atoms with Gasteiger partial charge in [0.2, 0.25) is 0 Å². The molecule has 0 saturated carbocycles. The molecule has 3 N–H and O–H groups in total. The highest BCUT2D eigenvalue weighted by atomic mass is 32.2. The van der Waals surface area contributed by atoms with E-state index in [-0.39, 0.29) is 11.4 Å². The van der Waals surface area contributed by atoms with Gasteiger partial charge in [0, 0.05) is 0 Å². The van der Waals surface area contributed by atoms with Gasteiger partial charge in [0.15, 0.2) is 11.1 Å². The van der Waals surface area contributed by atoms with Gasteiger partial charge in [0.25, 0.3) is 0 Å². The van der Waals surface area contributed by atoms with E-state index in [1.54, 1.807) is 13.8 Å². The van der Waals surface area contributed by atoms with Crippen molar-refractivity contribution in [2.75, 3.05) is 0 Å². The number of hydrogen-bond acceptors (Lipinski definition) is 3. The lowest BCUT2D eigenvalue weighted by Gasteiger charge is -1.93. The molecule has 1 atom stereocenters. The van der Waals surface area contributed by atoms with Gasteiger partial charge in [-0.1, -0.05) is 4.39 Å². The van der Waals surface area contributed by atoms with E-state index < -0.39 is 11.1 Å². The van der Waals surface area contributed by atoms with E-state index in [4.69, 9.17) is 0 Å². The van der Waals surface area contributed by atoms with Crippen molar-refractivity contribution in [3.8, 4) is 0 Å². The van der Waals surface area contributed by atoms with Crippen molar-refractivity contribution in [1.82, 2.24) is 6.15 Å². The van der Waals surface area contributed by atoms with Gasteiger partial charge in [0.1, 0.15) is 0 Å². The molecule has 0 bridgehead atoms. The molecule has 8 heavy (non-hydrogen) atoms. The van der Waals surface area contributed by atoms with Crippen LogP contribution in [0.4, 0.5) is 4.53 Å². The number of rotatable bonds is 2. The van der Waals surface area contributed by atoms with Crippen molar-refractivity contribution < 1.29 is 13.1 Å². The fraction of sp³-hybridized carbons (Fsp3) is 1.00. The number of hydrogen-bond donors (Lipinski definition) is 1. The zero-order valence-corrected chi connectivity index (χ0v) is 5.70. The first kappa shape index (κ1) is 10.9. The third-order valence-electron chi connectivity index (χ3n) is 0.447. The Morgan fingerprint density at radius 3 is 2.00 bits per heavy atom. The lowest BCUT2D eigenvalue weighted by molar-refractivity contribution is 0.0115. The van der Waals surface area contributed by atoms with Gasteiger partial charge in [-0.25, -0.2) is 4.21 Å². The van der Waals surface area contributed by atoms with E-state index in [0.29, 0.717) is 0 Å². The summed E-state index contributed by atoms with van der Waals surface area (Å²) in [5.74, 6) is 0. The minimum Gasteiger partial charge on any atom is -0.344 e. The molecule has 0 heterocycles. The minimum absolute atomic E-state index is 0. The van der Waals surface area contributed by atoms with E-state index in [1.165, 1.54) is 0 Å². The molecule has 1 unspecified atom stereocenters. The van der Waals surface area contributed by atoms with Crippen LogP contribution in [0.2, 0.25) is 0 Å². The SMILES string of the molecule is CC(C)S(=O)OF.N. The molecule has 0 saturated heterocycles.